The zero-order valence-electron chi connectivity index (χ0n) is 11.7. The van der Waals surface area contributed by atoms with E-state index in [4.69, 9.17) is 4.74 Å². The van der Waals surface area contributed by atoms with Gasteiger partial charge in [-0.15, -0.1) is 0 Å². The average molecular weight is 268 g/mol. The molecule has 2 aliphatic heterocycles. The summed E-state index contributed by atoms with van der Waals surface area (Å²) in [6.45, 7) is 5.46. The normalized spacial score (nSPS) is 24.5. The van der Waals surface area contributed by atoms with Crippen LogP contribution in [0.2, 0.25) is 0 Å². The van der Waals surface area contributed by atoms with E-state index in [0.717, 1.165) is 45.4 Å². The van der Waals surface area contributed by atoms with E-state index in [9.17, 15) is 9.59 Å². The lowest BCUT2D eigenvalue weighted by molar-refractivity contribution is -0.133. The Morgan fingerprint density at radius 1 is 1.26 bits per heavy atom. The lowest BCUT2D eigenvalue weighted by atomic mass is 9.95. The highest BCUT2D eigenvalue weighted by molar-refractivity contribution is 5.79. The number of piperidine rings is 1. The highest BCUT2D eigenvalue weighted by Crippen LogP contribution is 2.18. The van der Waals surface area contributed by atoms with E-state index < -0.39 is 0 Å². The van der Waals surface area contributed by atoms with E-state index in [1.165, 1.54) is 0 Å². The quantitative estimate of drug-likeness (QED) is 0.820. The van der Waals surface area contributed by atoms with E-state index in [0.29, 0.717) is 19.0 Å². The molecule has 0 spiro atoms. The Bertz CT molecular complexity index is 319. The summed E-state index contributed by atoms with van der Waals surface area (Å²) < 4.78 is 5.31. The number of amides is 2. The maximum atomic E-state index is 12.0. The maximum Gasteiger partial charge on any atom is 0.223 e. The summed E-state index contributed by atoms with van der Waals surface area (Å²) in [7, 11) is 0. The fourth-order valence-corrected chi connectivity index (χ4v) is 2.81. The third kappa shape index (κ3) is 4.20. The van der Waals surface area contributed by atoms with Gasteiger partial charge in [0.25, 0.3) is 0 Å². The molecule has 0 aromatic rings. The fourth-order valence-electron chi connectivity index (χ4n) is 2.81. The Morgan fingerprint density at radius 3 is 2.58 bits per heavy atom. The first-order valence-corrected chi connectivity index (χ1v) is 7.28. The smallest absolute Gasteiger partial charge is 0.223 e. The number of hydrogen-bond donors (Lipinski definition) is 1. The molecular formula is C14H24N2O3. The molecule has 0 bridgehead atoms. The topological polar surface area (TPSA) is 58.6 Å². The van der Waals surface area contributed by atoms with E-state index >= 15 is 0 Å². The largest absolute Gasteiger partial charge is 0.381 e. The third-order valence-electron chi connectivity index (χ3n) is 4.19. The minimum Gasteiger partial charge on any atom is -0.381 e. The van der Waals surface area contributed by atoms with E-state index in [1.807, 2.05) is 4.90 Å². The van der Waals surface area contributed by atoms with Gasteiger partial charge < -0.3 is 15.0 Å². The summed E-state index contributed by atoms with van der Waals surface area (Å²) >= 11 is 0. The van der Waals surface area contributed by atoms with Crippen LogP contribution in [0.3, 0.4) is 0 Å². The van der Waals surface area contributed by atoms with Crippen molar-refractivity contribution in [3.8, 4) is 0 Å². The second kappa shape index (κ2) is 6.89. The van der Waals surface area contributed by atoms with E-state index in [-0.39, 0.29) is 17.7 Å². The first-order valence-electron chi connectivity index (χ1n) is 7.28. The number of nitrogens with zero attached hydrogens (tertiary/aromatic N) is 1. The summed E-state index contributed by atoms with van der Waals surface area (Å²) in [6, 6.07) is 0. The molecule has 5 nitrogen and oxygen atoms in total. The SMILES string of the molecule is CC(=O)N1CCC(C(=O)NCC[C@@H]2CCOC2)CC1. The van der Waals surface area contributed by atoms with Crippen molar-refractivity contribution in [2.24, 2.45) is 11.8 Å². The van der Waals surface area contributed by atoms with Gasteiger partial charge in [0.05, 0.1) is 0 Å². The first kappa shape index (κ1) is 14.3. The van der Waals surface area contributed by atoms with Gasteiger partial charge in [0.1, 0.15) is 0 Å². The molecule has 2 aliphatic rings. The Morgan fingerprint density at radius 2 is 2.00 bits per heavy atom. The Balaban J connectivity index is 1.62. The van der Waals surface area contributed by atoms with Gasteiger partial charge in [-0.1, -0.05) is 0 Å². The van der Waals surface area contributed by atoms with Crippen LogP contribution in [0.4, 0.5) is 0 Å². The first-order chi connectivity index (χ1) is 9.16. The van der Waals surface area contributed by atoms with Crippen molar-refractivity contribution in [3.05, 3.63) is 0 Å². The number of carbonyl (C=O) groups is 2. The van der Waals surface area contributed by atoms with Gasteiger partial charge in [-0.25, -0.2) is 0 Å². The molecule has 2 heterocycles. The highest BCUT2D eigenvalue weighted by atomic mass is 16.5. The summed E-state index contributed by atoms with van der Waals surface area (Å²) in [5.74, 6) is 0.956. The van der Waals surface area contributed by atoms with Crippen molar-refractivity contribution in [1.29, 1.82) is 0 Å². The van der Waals surface area contributed by atoms with Gasteiger partial charge in [0.15, 0.2) is 0 Å². The van der Waals surface area contributed by atoms with Crippen LogP contribution in [0.1, 0.15) is 32.6 Å². The van der Waals surface area contributed by atoms with Crippen LogP contribution >= 0.6 is 0 Å². The lowest BCUT2D eigenvalue weighted by Gasteiger charge is -2.30. The molecule has 0 aromatic heterocycles. The molecule has 1 atom stereocenters. The monoisotopic (exact) mass is 268 g/mol. The molecule has 0 radical (unpaired) electrons. The summed E-state index contributed by atoms with van der Waals surface area (Å²) in [6.07, 6.45) is 3.71. The van der Waals surface area contributed by atoms with Crippen LogP contribution in [0.15, 0.2) is 0 Å². The fraction of sp³-hybridized carbons (Fsp3) is 0.857. The minimum absolute atomic E-state index is 0.0791. The average Bonchev–Trinajstić information content (AvgIpc) is 2.92. The van der Waals surface area contributed by atoms with Crippen LogP contribution in [-0.2, 0) is 14.3 Å². The van der Waals surface area contributed by atoms with Gasteiger partial charge in [-0.05, 0) is 31.6 Å². The van der Waals surface area contributed by atoms with Gasteiger partial charge in [0, 0.05) is 45.7 Å². The number of rotatable bonds is 4. The van der Waals surface area contributed by atoms with Gasteiger partial charge in [0.2, 0.25) is 11.8 Å². The van der Waals surface area contributed by atoms with Crippen molar-refractivity contribution in [1.82, 2.24) is 10.2 Å². The second-order valence-corrected chi connectivity index (χ2v) is 5.59. The van der Waals surface area contributed by atoms with Gasteiger partial charge in [-0.2, -0.15) is 0 Å². The Labute approximate surface area is 114 Å². The Hall–Kier alpha value is -1.10. The molecule has 0 aromatic carbocycles. The molecule has 2 fully saturated rings. The van der Waals surface area contributed by atoms with Crippen LogP contribution in [0.5, 0.6) is 0 Å². The molecule has 108 valence electrons. The van der Waals surface area contributed by atoms with Crippen LogP contribution in [0.25, 0.3) is 0 Å². The van der Waals surface area contributed by atoms with Gasteiger partial charge in [-0.3, -0.25) is 9.59 Å². The number of carbonyl (C=O) groups excluding carboxylic acids is 2. The minimum atomic E-state index is 0.0791. The zero-order valence-corrected chi connectivity index (χ0v) is 11.7. The molecule has 2 amide bonds. The molecule has 0 unspecified atom stereocenters. The predicted molar refractivity (Wildman–Crippen MR) is 71.5 cm³/mol. The van der Waals surface area contributed by atoms with Crippen molar-refractivity contribution in [3.63, 3.8) is 0 Å². The third-order valence-corrected chi connectivity index (χ3v) is 4.19. The number of ether oxygens (including phenoxy) is 1. The molecule has 0 aliphatic carbocycles. The van der Waals surface area contributed by atoms with E-state index in [1.54, 1.807) is 6.92 Å². The molecule has 19 heavy (non-hydrogen) atoms. The molecule has 5 heteroatoms. The maximum absolute atomic E-state index is 12.0. The predicted octanol–water partition coefficient (Wildman–Crippen LogP) is 0.788. The summed E-state index contributed by atoms with van der Waals surface area (Å²) in [5.41, 5.74) is 0. The zero-order chi connectivity index (χ0) is 13.7. The van der Waals surface area contributed by atoms with Gasteiger partial charge >= 0.3 is 0 Å². The molecule has 1 N–H and O–H groups in total. The lowest BCUT2D eigenvalue weighted by Crippen LogP contribution is -2.42. The molecule has 2 rings (SSSR count). The standard InChI is InChI=1S/C14H24N2O3/c1-11(17)16-7-3-13(4-8-16)14(18)15-6-2-12-5-9-19-10-12/h12-13H,2-10H2,1H3,(H,15,18)/t12-/m1/s1. The van der Waals surface area contributed by atoms with Crippen LogP contribution in [-0.4, -0.2) is 49.6 Å². The summed E-state index contributed by atoms with van der Waals surface area (Å²) in [4.78, 5) is 25.0. The number of likely N-dealkylation sites (tertiary alicyclic amines) is 1. The molecular weight excluding hydrogens is 244 g/mol. The molecule has 2 saturated heterocycles. The highest BCUT2D eigenvalue weighted by Gasteiger charge is 2.26. The summed E-state index contributed by atoms with van der Waals surface area (Å²) in [5, 5.41) is 3.03. The number of hydrogen-bond acceptors (Lipinski definition) is 3. The second-order valence-electron chi connectivity index (χ2n) is 5.59. The van der Waals surface area contributed by atoms with Crippen LogP contribution in [0, 0.1) is 11.8 Å². The van der Waals surface area contributed by atoms with Crippen molar-refractivity contribution >= 4 is 11.8 Å². The molecule has 0 saturated carbocycles. The van der Waals surface area contributed by atoms with Crippen LogP contribution < -0.4 is 5.32 Å². The number of nitrogens with one attached hydrogen (secondary N) is 1. The van der Waals surface area contributed by atoms with Crippen molar-refractivity contribution in [2.45, 2.75) is 32.6 Å². The van der Waals surface area contributed by atoms with Crippen molar-refractivity contribution < 1.29 is 14.3 Å². The Kier molecular flexibility index (Phi) is 5.19. The van der Waals surface area contributed by atoms with E-state index in [2.05, 4.69) is 5.32 Å². The van der Waals surface area contributed by atoms with Crippen molar-refractivity contribution in [2.75, 3.05) is 32.8 Å².